The van der Waals surface area contributed by atoms with Gasteiger partial charge in [0.1, 0.15) is 5.75 Å². The highest BCUT2D eigenvalue weighted by Crippen LogP contribution is 2.16. The Morgan fingerprint density at radius 3 is 2.67 bits per heavy atom. The van der Waals surface area contributed by atoms with Crippen molar-refractivity contribution in [2.24, 2.45) is 0 Å². The largest absolute Gasteiger partial charge is 0.494 e. The molecule has 7 nitrogen and oxygen atoms in total. The van der Waals surface area contributed by atoms with Gasteiger partial charge in [-0.15, -0.1) is 0 Å². The molecule has 1 saturated heterocycles. The number of carbonyl (C=O) groups excluding carboxylic acids is 1. The summed E-state index contributed by atoms with van der Waals surface area (Å²) in [4.78, 5) is 14.0. The molecule has 0 radical (unpaired) electrons. The molecule has 2 N–H and O–H groups in total. The first-order chi connectivity index (χ1) is 11.4. The Hall–Kier alpha value is -1.64. The summed E-state index contributed by atoms with van der Waals surface area (Å²) in [6.07, 6.45) is 1.07. The Morgan fingerprint density at radius 2 is 2.08 bits per heavy atom. The number of likely N-dealkylation sites (N-methyl/N-ethyl adjacent to an activating group) is 1. The number of hydrogen-bond donors (Lipinski definition) is 2. The van der Waals surface area contributed by atoms with Crippen LogP contribution in [0.25, 0.3) is 0 Å². The van der Waals surface area contributed by atoms with Crippen LogP contribution in [0.15, 0.2) is 29.2 Å². The number of hydrogen-bond acceptors (Lipinski definition) is 5. The number of amides is 1. The lowest BCUT2D eigenvalue weighted by molar-refractivity contribution is -0.131. The zero-order chi connectivity index (χ0) is 17.6. The summed E-state index contributed by atoms with van der Waals surface area (Å²) in [5.74, 6) is 0.566. The number of sulfonamides is 1. The van der Waals surface area contributed by atoms with Gasteiger partial charge in [0.15, 0.2) is 0 Å². The molecule has 0 aliphatic carbocycles. The minimum atomic E-state index is -3.62. The van der Waals surface area contributed by atoms with Gasteiger partial charge in [0.2, 0.25) is 15.9 Å². The average Bonchev–Trinajstić information content (AvgIpc) is 3.09. The van der Waals surface area contributed by atoms with Crippen molar-refractivity contribution in [3.8, 4) is 5.75 Å². The fraction of sp³-hybridized carbons (Fsp3) is 0.562. The van der Waals surface area contributed by atoms with E-state index in [0.717, 1.165) is 19.5 Å². The van der Waals surface area contributed by atoms with E-state index < -0.39 is 10.0 Å². The summed E-state index contributed by atoms with van der Waals surface area (Å²) in [6.45, 7) is 4.17. The van der Waals surface area contributed by atoms with Crippen LogP contribution >= 0.6 is 0 Å². The molecule has 0 aromatic heterocycles. The minimum absolute atomic E-state index is 0.0573. The van der Waals surface area contributed by atoms with Crippen molar-refractivity contribution in [3.05, 3.63) is 24.3 Å². The third-order valence-electron chi connectivity index (χ3n) is 4.05. The number of carbonyl (C=O) groups is 1. The number of nitrogens with one attached hydrogen (secondary N) is 2. The van der Waals surface area contributed by atoms with Crippen molar-refractivity contribution in [3.63, 3.8) is 0 Å². The van der Waals surface area contributed by atoms with Crippen LogP contribution in [0.2, 0.25) is 0 Å². The number of rotatable bonds is 8. The molecule has 1 atom stereocenters. The van der Waals surface area contributed by atoms with Crippen LogP contribution in [0.3, 0.4) is 0 Å². The molecule has 1 aromatic carbocycles. The van der Waals surface area contributed by atoms with Crippen molar-refractivity contribution in [2.75, 3.05) is 33.3 Å². The van der Waals surface area contributed by atoms with Crippen LogP contribution < -0.4 is 14.8 Å². The molecule has 1 aliphatic rings. The van der Waals surface area contributed by atoms with E-state index in [1.165, 1.54) is 12.1 Å². The van der Waals surface area contributed by atoms with E-state index in [2.05, 4.69) is 10.0 Å². The zero-order valence-corrected chi connectivity index (χ0v) is 14.9. The Morgan fingerprint density at radius 1 is 1.38 bits per heavy atom. The Balaban J connectivity index is 1.84. The van der Waals surface area contributed by atoms with Crippen molar-refractivity contribution in [1.29, 1.82) is 0 Å². The van der Waals surface area contributed by atoms with Gasteiger partial charge in [0.05, 0.1) is 11.5 Å². The van der Waals surface area contributed by atoms with Gasteiger partial charge in [-0.25, -0.2) is 13.1 Å². The second kappa shape index (κ2) is 8.46. The predicted molar refractivity (Wildman–Crippen MR) is 91.5 cm³/mol. The minimum Gasteiger partial charge on any atom is -0.494 e. The molecule has 0 saturated carbocycles. The monoisotopic (exact) mass is 355 g/mol. The summed E-state index contributed by atoms with van der Waals surface area (Å²) in [5, 5.41) is 3.21. The van der Waals surface area contributed by atoms with Gasteiger partial charge in [-0.2, -0.15) is 0 Å². The predicted octanol–water partition coefficient (Wildman–Crippen LogP) is 0.574. The molecule has 1 heterocycles. The first-order valence-electron chi connectivity index (χ1n) is 8.13. The van der Waals surface area contributed by atoms with Gasteiger partial charge >= 0.3 is 0 Å². The van der Waals surface area contributed by atoms with Crippen molar-refractivity contribution in [1.82, 2.24) is 14.9 Å². The highest BCUT2D eigenvalue weighted by Gasteiger charge is 2.23. The molecule has 134 valence electrons. The Labute approximate surface area is 143 Å². The van der Waals surface area contributed by atoms with Crippen molar-refractivity contribution in [2.45, 2.75) is 30.7 Å². The lowest BCUT2D eigenvalue weighted by atomic mass is 10.2. The van der Waals surface area contributed by atoms with Gasteiger partial charge in [0, 0.05) is 32.6 Å². The quantitative estimate of drug-likeness (QED) is 0.712. The van der Waals surface area contributed by atoms with E-state index in [4.69, 9.17) is 4.74 Å². The van der Waals surface area contributed by atoms with Crippen LogP contribution in [0.5, 0.6) is 5.75 Å². The standard InChI is InChI=1S/C16H25N3O4S/c1-3-23-14-4-6-15(7-5-14)24(21,22)18-11-9-16(20)19(2)13-8-10-17-12-13/h4-7,13,17-18H,3,8-12H2,1-2H3. The van der Waals surface area contributed by atoms with Gasteiger partial charge in [0.25, 0.3) is 0 Å². The molecule has 1 aromatic rings. The van der Waals surface area contributed by atoms with Crippen LogP contribution in [0, 0.1) is 0 Å². The van der Waals surface area contributed by atoms with E-state index >= 15 is 0 Å². The summed E-state index contributed by atoms with van der Waals surface area (Å²) in [7, 11) is -1.86. The lowest BCUT2D eigenvalue weighted by Gasteiger charge is -2.23. The zero-order valence-electron chi connectivity index (χ0n) is 14.1. The maximum absolute atomic E-state index is 12.2. The average molecular weight is 355 g/mol. The SMILES string of the molecule is CCOc1ccc(S(=O)(=O)NCCC(=O)N(C)C2CCNC2)cc1. The molecular formula is C16H25N3O4S. The lowest BCUT2D eigenvalue weighted by Crippen LogP contribution is -2.40. The van der Waals surface area contributed by atoms with Crippen molar-refractivity contribution >= 4 is 15.9 Å². The summed E-state index contributed by atoms with van der Waals surface area (Å²) < 4.78 is 32.2. The van der Waals surface area contributed by atoms with E-state index in [1.807, 2.05) is 6.92 Å². The first-order valence-corrected chi connectivity index (χ1v) is 9.61. The smallest absolute Gasteiger partial charge is 0.240 e. The maximum atomic E-state index is 12.2. The topological polar surface area (TPSA) is 87.7 Å². The summed E-state index contributed by atoms with van der Waals surface area (Å²) in [6, 6.07) is 6.41. The maximum Gasteiger partial charge on any atom is 0.240 e. The fourth-order valence-electron chi connectivity index (χ4n) is 2.61. The van der Waals surface area contributed by atoms with Crippen LogP contribution in [-0.2, 0) is 14.8 Å². The highest BCUT2D eigenvalue weighted by atomic mass is 32.2. The molecule has 0 spiro atoms. The second-order valence-electron chi connectivity index (χ2n) is 5.70. The molecule has 2 rings (SSSR count). The summed E-state index contributed by atoms with van der Waals surface area (Å²) >= 11 is 0. The molecule has 1 unspecified atom stereocenters. The van der Waals surface area contributed by atoms with Gasteiger partial charge in [-0.1, -0.05) is 0 Å². The second-order valence-corrected chi connectivity index (χ2v) is 7.47. The van der Waals surface area contributed by atoms with Gasteiger partial charge < -0.3 is 15.0 Å². The first kappa shape index (κ1) is 18.7. The Kier molecular flexibility index (Phi) is 6.59. The highest BCUT2D eigenvalue weighted by molar-refractivity contribution is 7.89. The third kappa shape index (κ3) is 4.93. The van der Waals surface area contributed by atoms with E-state index in [1.54, 1.807) is 24.1 Å². The number of ether oxygens (including phenoxy) is 1. The molecule has 1 fully saturated rings. The van der Waals surface area contributed by atoms with Crippen LogP contribution in [0.4, 0.5) is 0 Å². The molecule has 0 bridgehead atoms. The van der Waals surface area contributed by atoms with Crippen LogP contribution in [-0.4, -0.2) is 58.6 Å². The Bertz CT molecular complexity index is 640. The molecule has 1 amide bonds. The van der Waals surface area contributed by atoms with Crippen molar-refractivity contribution < 1.29 is 17.9 Å². The van der Waals surface area contributed by atoms with Crippen LogP contribution in [0.1, 0.15) is 19.8 Å². The van der Waals surface area contributed by atoms with E-state index in [0.29, 0.717) is 12.4 Å². The number of nitrogens with zero attached hydrogens (tertiary/aromatic N) is 1. The molecule has 24 heavy (non-hydrogen) atoms. The fourth-order valence-corrected chi connectivity index (χ4v) is 3.64. The molecule has 1 aliphatic heterocycles. The van der Waals surface area contributed by atoms with E-state index in [9.17, 15) is 13.2 Å². The molecular weight excluding hydrogens is 330 g/mol. The summed E-state index contributed by atoms with van der Waals surface area (Å²) in [5.41, 5.74) is 0. The van der Waals surface area contributed by atoms with Gasteiger partial charge in [-0.05, 0) is 44.2 Å². The number of benzene rings is 1. The van der Waals surface area contributed by atoms with Gasteiger partial charge in [-0.3, -0.25) is 4.79 Å². The normalized spacial score (nSPS) is 17.7. The third-order valence-corrected chi connectivity index (χ3v) is 5.53. The van der Waals surface area contributed by atoms with E-state index in [-0.39, 0.29) is 29.8 Å². The molecule has 8 heteroatoms.